The summed E-state index contributed by atoms with van der Waals surface area (Å²) in [5, 5.41) is 6.45. The van der Waals surface area contributed by atoms with Crippen molar-refractivity contribution in [2.24, 2.45) is 5.10 Å². The van der Waals surface area contributed by atoms with Crippen molar-refractivity contribution in [3.8, 4) is 11.5 Å². The van der Waals surface area contributed by atoms with Crippen molar-refractivity contribution < 1.29 is 9.47 Å². The summed E-state index contributed by atoms with van der Waals surface area (Å²) in [6, 6.07) is 21.2. The molecule has 0 aliphatic heterocycles. The molecule has 3 aromatic rings. The highest BCUT2D eigenvalue weighted by atomic mass is 16.5. The number of aromatic nitrogens is 1. The van der Waals surface area contributed by atoms with Crippen LogP contribution in [-0.4, -0.2) is 25.4 Å². The molecular formula is C20H19N3O2. The number of rotatable bonds is 6. The number of hydrogen-bond donors (Lipinski definition) is 0. The van der Waals surface area contributed by atoms with Crippen molar-refractivity contribution in [3.63, 3.8) is 0 Å². The first-order chi connectivity index (χ1) is 12.3. The molecule has 0 amide bonds. The van der Waals surface area contributed by atoms with Crippen LogP contribution < -0.4 is 14.5 Å². The number of hydrazone groups is 1. The largest absolute Gasteiger partial charge is 0.497 e. The maximum Gasteiger partial charge on any atom is 0.119 e. The maximum absolute atomic E-state index is 5.23. The Morgan fingerprint density at radius 3 is 1.80 bits per heavy atom. The van der Waals surface area contributed by atoms with Gasteiger partial charge in [-0.15, -0.1) is 0 Å². The third kappa shape index (κ3) is 4.14. The molecule has 25 heavy (non-hydrogen) atoms. The van der Waals surface area contributed by atoms with Gasteiger partial charge in [-0.25, -0.2) is 5.01 Å². The fraction of sp³-hybridized carbons (Fsp3) is 0.100. The molecule has 2 aromatic carbocycles. The van der Waals surface area contributed by atoms with Gasteiger partial charge in [-0.05, 0) is 60.7 Å². The summed E-state index contributed by atoms with van der Waals surface area (Å²) < 4.78 is 10.5. The Hall–Kier alpha value is -3.34. The Kier molecular flexibility index (Phi) is 5.26. The maximum atomic E-state index is 5.23. The number of ether oxygens (including phenoxy) is 2. The molecular weight excluding hydrogens is 314 g/mol. The van der Waals surface area contributed by atoms with Crippen molar-refractivity contribution in [1.82, 2.24) is 4.98 Å². The van der Waals surface area contributed by atoms with E-state index in [-0.39, 0.29) is 0 Å². The van der Waals surface area contributed by atoms with Gasteiger partial charge in [0.2, 0.25) is 0 Å². The van der Waals surface area contributed by atoms with Gasteiger partial charge in [0.05, 0.1) is 37.5 Å². The zero-order chi connectivity index (χ0) is 17.5. The smallest absolute Gasteiger partial charge is 0.119 e. The zero-order valence-corrected chi connectivity index (χ0v) is 14.2. The van der Waals surface area contributed by atoms with Crippen molar-refractivity contribution >= 4 is 17.6 Å². The molecule has 0 radical (unpaired) electrons. The van der Waals surface area contributed by atoms with Crippen LogP contribution in [-0.2, 0) is 0 Å². The Balaban J connectivity index is 1.95. The molecule has 1 aromatic heterocycles. The number of hydrogen-bond acceptors (Lipinski definition) is 5. The highest BCUT2D eigenvalue weighted by molar-refractivity contribution is 5.79. The van der Waals surface area contributed by atoms with Crippen LogP contribution >= 0.6 is 0 Å². The van der Waals surface area contributed by atoms with Gasteiger partial charge in [0.1, 0.15) is 11.5 Å². The monoisotopic (exact) mass is 333 g/mol. The molecule has 0 unspecified atom stereocenters. The Morgan fingerprint density at radius 2 is 1.36 bits per heavy atom. The fourth-order valence-corrected chi connectivity index (χ4v) is 2.30. The van der Waals surface area contributed by atoms with Crippen LogP contribution in [0.4, 0.5) is 11.4 Å². The fourth-order valence-electron chi connectivity index (χ4n) is 2.30. The predicted octanol–water partition coefficient (Wildman–Crippen LogP) is 4.27. The quantitative estimate of drug-likeness (QED) is 0.499. The summed E-state index contributed by atoms with van der Waals surface area (Å²) in [4.78, 5) is 4.28. The first-order valence-electron chi connectivity index (χ1n) is 7.83. The molecule has 0 bridgehead atoms. The van der Waals surface area contributed by atoms with Crippen LogP contribution in [0.3, 0.4) is 0 Å². The zero-order valence-electron chi connectivity index (χ0n) is 14.2. The van der Waals surface area contributed by atoms with Crippen LogP contribution in [0.25, 0.3) is 0 Å². The number of methoxy groups -OCH3 is 2. The lowest BCUT2D eigenvalue weighted by Gasteiger charge is -2.19. The van der Waals surface area contributed by atoms with E-state index in [4.69, 9.17) is 9.47 Å². The number of anilines is 2. The Labute approximate surface area is 147 Å². The minimum absolute atomic E-state index is 0.787. The molecule has 5 nitrogen and oxygen atoms in total. The molecule has 0 spiro atoms. The summed E-state index contributed by atoms with van der Waals surface area (Å²) in [6.45, 7) is 0. The Morgan fingerprint density at radius 1 is 0.800 bits per heavy atom. The van der Waals surface area contributed by atoms with Gasteiger partial charge in [0.15, 0.2) is 0 Å². The second-order valence-corrected chi connectivity index (χ2v) is 5.21. The molecule has 0 aliphatic rings. The van der Waals surface area contributed by atoms with Gasteiger partial charge in [-0.3, -0.25) is 4.98 Å². The van der Waals surface area contributed by atoms with Crippen molar-refractivity contribution in [2.45, 2.75) is 0 Å². The van der Waals surface area contributed by atoms with E-state index in [2.05, 4.69) is 10.1 Å². The van der Waals surface area contributed by atoms with Gasteiger partial charge in [-0.2, -0.15) is 5.10 Å². The molecule has 0 saturated carbocycles. The summed E-state index contributed by atoms with van der Waals surface area (Å²) >= 11 is 0. The molecule has 0 saturated heterocycles. The molecule has 126 valence electrons. The van der Waals surface area contributed by atoms with E-state index in [0.29, 0.717) is 0 Å². The average molecular weight is 333 g/mol. The predicted molar refractivity (Wildman–Crippen MR) is 100.0 cm³/mol. The van der Waals surface area contributed by atoms with Gasteiger partial charge >= 0.3 is 0 Å². The van der Waals surface area contributed by atoms with Crippen LogP contribution in [0.1, 0.15) is 5.69 Å². The summed E-state index contributed by atoms with van der Waals surface area (Å²) in [7, 11) is 3.30. The molecule has 3 rings (SSSR count). The van der Waals surface area contributed by atoms with Gasteiger partial charge < -0.3 is 9.47 Å². The standard InChI is InChI=1S/C20H19N3O2/c1-24-19-10-6-17(7-11-19)23(18-8-12-20(25-2)13-9-18)22-15-16-5-3-4-14-21-16/h3-15H,1-2H3/b22-15+. The van der Waals surface area contributed by atoms with E-state index >= 15 is 0 Å². The van der Waals surface area contributed by atoms with Crippen molar-refractivity contribution in [1.29, 1.82) is 0 Å². The number of benzene rings is 2. The third-order valence-corrected chi connectivity index (χ3v) is 3.63. The molecule has 0 atom stereocenters. The van der Waals surface area contributed by atoms with E-state index < -0.39 is 0 Å². The van der Waals surface area contributed by atoms with E-state index in [9.17, 15) is 0 Å². The normalized spacial score (nSPS) is 10.6. The van der Waals surface area contributed by atoms with Gasteiger partial charge in [0, 0.05) is 6.20 Å². The van der Waals surface area contributed by atoms with Crippen molar-refractivity contribution in [2.75, 3.05) is 19.2 Å². The highest BCUT2D eigenvalue weighted by Crippen LogP contribution is 2.29. The van der Waals surface area contributed by atoms with Crippen LogP contribution in [0.5, 0.6) is 11.5 Å². The topological polar surface area (TPSA) is 47.0 Å². The van der Waals surface area contributed by atoms with Gasteiger partial charge in [0.25, 0.3) is 0 Å². The minimum Gasteiger partial charge on any atom is -0.497 e. The number of nitrogens with zero attached hydrogens (tertiary/aromatic N) is 3. The lowest BCUT2D eigenvalue weighted by Crippen LogP contribution is -2.09. The second kappa shape index (κ2) is 7.97. The van der Waals surface area contributed by atoms with E-state index in [1.54, 1.807) is 26.6 Å². The molecule has 0 N–H and O–H groups in total. The average Bonchev–Trinajstić information content (AvgIpc) is 2.70. The van der Waals surface area contributed by atoms with E-state index in [1.165, 1.54) is 0 Å². The van der Waals surface area contributed by atoms with E-state index in [1.807, 2.05) is 71.7 Å². The van der Waals surface area contributed by atoms with E-state index in [0.717, 1.165) is 28.6 Å². The first kappa shape index (κ1) is 16.5. The second-order valence-electron chi connectivity index (χ2n) is 5.21. The molecule has 5 heteroatoms. The third-order valence-electron chi connectivity index (χ3n) is 3.63. The van der Waals surface area contributed by atoms with Crippen LogP contribution in [0.2, 0.25) is 0 Å². The first-order valence-corrected chi connectivity index (χ1v) is 7.83. The highest BCUT2D eigenvalue weighted by Gasteiger charge is 2.08. The van der Waals surface area contributed by atoms with Crippen LogP contribution in [0, 0.1) is 0 Å². The molecule has 1 heterocycles. The summed E-state index contributed by atoms with van der Waals surface area (Å²) in [6.07, 6.45) is 3.47. The van der Waals surface area contributed by atoms with Crippen molar-refractivity contribution in [3.05, 3.63) is 78.6 Å². The number of pyridine rings is 1. The van der Waals surface area contributed by atoms with Crippen LogP contribution in [0.15, 0.2) is 78.0 Å². The lowest BCUT2D eigenvalue weighted by molar-refractivity contribution is 0.415. The minimum atomic E-state index is 0.787. The SMILES string of the molecule is COc1ccc(N(/N=C/c2ccccn2)c2ccc(OC)cc2)cc1. The van der Waals surface area contributed by atoms with Gasteiger partial charge in [-0.1, -0.05) is 6.07 Å². The summed E-state index contributed by atoms with van der Waals surface area (Å²) in [5.74, 6) is 1.60. The molecule has 0 aliphatic carbocycles. The molecule has 0 fully saturated rings. The Bertz CT molecular complexity index is 768. The summed E-state index contributed by atoms with van der Waals surface area (Å²) in [5.41, 5.74) is 2.62. The lowest BCUT2D eigenvalue weighted by atomic mass is 10.2.